The second kappa shape index (κ2) is 7.37. The number of halogens is 4. The SMILES string of the molecule is Cc1cc(OCc2ccc(F)cc2F)c(Br)c(=O)n1-c1ccccc1F. The lowest BCUT2D eigenvalue weighted by atomic mass is 10.2. The Hall–Kier alpha value is -2.54. The molecule has 2 aromatic carbocycles. The van der Waals surface area contributed by atoms with Crippen molar-refractivity contribution in [3.8, 4) is 11.4 Å². The van der Waals surface area contributed by atoms with Crippen molar-refractivity contribution in [2.75, 3.05) is 0 Å². The first-order chi connectivity index (χ1) is 12.4. The Balaban J connectivity index is 1.96. The van der Waals surface area contributed by atoms with Gasteiger partial charge in [0.1, 0.15) is 34.3 Å². The first-order valence-electron chi connectivity index (χ1n) is 7.62. The van der Waals surface area contributed by atoms with Gasteiger partial charge in [0.25, 0.3) is 5.56 Å². The predicted octanol–water partition coefficient (Wildman–Crippen LogP) is 4.90. The number of para-hydroxylation sites is 1. The molecule has 134 valence electrons. The highest BCUT2D eigenvalue weighted by molar-refractivity contribution is 9.10. The summed E-state index contributed by atoms with van der Waals surface area (Å²) in [7, 11) is 0. The summed E-state index contributed by atoms with van der Waals surface area (Å²) in [5, 5.41) is 0. The Morgan fingerprint density at radius 2 is 1.77 bits per heavy atom. The zero-order chi connectivity index (χ0) is 18.8. The minimum absolute atomic E-state index is 0.0777. The molecule has 26 heavy (non-hydrogen) atoms. The zero-order valence-corrected chi connectivity index (χ0v) is 15.2. The maximum Gasteiger partial charge on any atom is 0.273 e. The van der Waals surface area contributed by atoms with Gasteiger partial charge in [-0.05, 0) is 47.1 Å². The highest BCUT2D eigenvalue weighted by Crippen LogP contribution is 2.26. The highest BCUT2D eigenvalue weighted by Gasteiger charge is 2.16. The average Bonchev–Trinajstić information content (AvgIpc) is 2.60. The van der Waals surface area contributed by atoms with Crippen LogP contribution in [0.1, 0.15) is 11.3 Å². The number of hydrogen-bond acceptors (Lipinski definition) is 2. The van der Waals surface area contributed by atoms with E-state index in [1.807, 2.05) is 0 Å². The molecule has 1 aromatic heterocycles. The van der Waals surface area contributed by atoms with Crippen molar-refractivity contribution in [2.45, 2.75) is 13.5 Å². The van der Waals surface area contributed by atoms with Gasteiger partial charge >= 0.3 is 0 Å². The van der Waals surface area contributed by atoms with Crippen LogP contribution in [0.2, 0.25) is 0 Å². The normalized spacial score (nSPS) is 10.8. The number of aryl methyl sites for hydroxylation is 1. The number of benzene rings is 2. The minimum Gasteiger partial charge on any atom is -0.487 e. The quantitative estimate of drug-likeness (QED) is 0.597. The van der Waals surface area contributed by atoms with Crippen molar-refractivity contribution in [3.05, 3.63) is 92.1 Å². The summed E-state index contributed by atoms with van der Waals surface area (Å²) in [6.45, 7) is 1.44. The fraction of sp³-hybridized carbons (Fsp3) is 0.105. The molecule has 0 aliphatic heterocycles. The average molecular weight is 424 g/mol. The molecule has 3 rings (SSSR count). The molecule has 0 atom stereocenters. The lowest BCUT2D eigenvalue weighted by Gasteiger charge is -2.15. The summed E-state index contributed by atoms with van der Waals surface area (Å²) in [5.41, 5.74) is 0.198. The Morgan fingerprint density at radius 1 is 1.04 bits per heavy atom. The van der Waals surface area contributed by atoms with Gasteiger partial charge in [0.2, 0.25) is 0 Å². The number of nitrogens with zero attached hydrogens (tertiary/aromatic N) is 1. The molecule has 7 heteroatoms. The van der Waals surface area contributed by atoms with Gasteiger partial charge in [0.05, 0.1) is 5.69 Å². The van der Waals surface area contributed by atoms with Gasteiger partial charge in [-0.25, -0.2) is 13.2 Å². The number of aromatic nitrogens is 1. The maximum atomic E-state index is 14.0. The molecule has 0 unspecified atom stereocenters. The van der Waals surface area contributed by atoms with Crippen molar-refractivity contribution in [2.24, 2.45) is 0 Å². The Morgan fingerprint density at radius 3 is 2.46 bits per heavy atom. The van der Waals surface area contributed by atoms with Gasteiger partial charge in [0, 0.05) is 23.4 Å². The van der Waals surface area contributed by atoms with Crippen molar-refractivity contribution < 1.29 is 17.9 Å². The predicted molar refractivity (Wildman–Crippen MR) is 95.1 cm³/mol. The molecular formula is C19H13BrF3NO2. The fourth-order valence-electron chi connectivity index (χ4n) is 2.51. The van der Waals surface area contributed by atoms with Crippen LogP contribution in [0.4, 0.5) is 13.2 Å². The summed E-state index contributed by atoms with van der Waals surface area (Å²) in [5.74, 6) is -1.77. The van der Waals surface area contributed by atoms with Crippen molar-refractivity contribution in [3.63, 3.8) is 0 Å². The van der Waals surface area contributed by atoms with Gasteiger partial charge in [-0.3, -0.25) is 9.36 Å². The van der Waals surface area contributed by atoms with Crippen molar-refractivity contribution in [1.29, 1.82) is 0 Å². The summed E-state index contributed by atoms with van der Waals surface area (Å²) in [6, 6.07) is 10.6. The van der Waals surface area contributed by atoms with E-state index in [9.17, 15) is 18.0 Å². The van der Waals surface area contributed by atoms with Crippen LogP contribution in [0.3, 0.4) is 0 Å². The topological polar surface area (TPSA) is 31.2 Å². The van der Waals surface area contributed by atoms with Gasteiger partial charge < -0.3 is 4.74 Å². The molecule has 0 saturated carbocycles. The smallest absolute Gasteiger partial charge is 0.273 e. The van der Waals surface area contributed by atoms with Crippen LogP contribution in [0.5, 0.6) is 5.75 Å². The number of hydrogen-bond donors (Lipinski definition) is 0. The van der Waals surface area contributed by atoms with Crippen molar-refractivity contribution >= 4 is 15.9 Å². The molecule has 0 bridgehead atoms. The monoisotopic (exact) mass is 423 g/mol. The molecule has 1 heterocycles. The summed E-state index contributed by atoms with van der Waals surface area (Å²) < 4.78 is 47.5. The third kappa shape index (κ3) is 3.53. The summed E-state index contributed by atoms with van der Waals surface area (Å²) >= 11 is 3.16. The third-order valence-electron chi connectivity index (χ3n) is 3.79. The van der Waals surface area contributed by atoms with E-state index < -0.39 is 23.0 Å². The zero-order valence-electron chi connectivity index (χ0n) is 13.6. The van der Waals surface area contributed by atoms with Gasteiger partial charge in [0.15, 0.2) is 0 Å². The molecule has 0 saturated heterocycles. The molecule has 0 N–H and O–H groups in total. The first kappa shape index (κ1) is 18.3. The van der Waals surface area contributed by atoms with E-state index >= 15 is 0 Å². The molecule has 0 aliphatic carbocycles. The van der Waals surface area contributed by atoms with E-state index in [4.69, 9.17) is 4.74 Å². The molecule has 0 amide bonds. The highest BCUT2D eigenvalue weighted by atomic mass is 79.9. The van der Waals surface area contributed by atoms with Gasteiger partial charge in [-0.2, -0.15) is 0 Å². The lowest BCUT2D eigenvalue weighted by molar-refractivity contribution is 0.296. The second-order valence-corrected chi connectivity index (χ2v) is 6.37. The van der Waals surface area contributed by atoms with Crippen LogP contribution in [-0.4, -0.2) is 4.57 Å². The van der Waals surface area contributed by atoms with Crippen LogP contribution in [0, 0.1) is 24.4 Å². The minimum atomic E-state index is -0.738. The number of rotatable bonds is 4. The molecule has 3 aromatic rings. The summed E-state index contributed by atoms with van der Waals surface area (Å²) in [4.78, 5) is 12.6. The Bertz CT molecular complexity index is 1030. The molecule has 0 spiro atoms. The van der Waals surface area contributed by atoms with Crippen molar-refractivity contribution in [1.82, 2.24) is 4.57 Å². The molecular weight excluding hydrogens is 411 g/mol. The third-order valence-corrected chi connectivity index (χ3v) is 4.52. The van der Waals surface area contributed by atoms with Crippen LogP contribution in [0.25, 0.3) is 5.69 Å². The van der Waals surface area contributed by atoms with Gasteiger partial charge in [-0.15, -0.1) is 0 Å². The van der Waals surface area contributed by atoms with Crippen LogP contribution in [0.15, 0.2) is 57.8 Å². The second-order valence-electron chi connectivity index (χ2n) is 5.58. The first-order valence-corrected chi connectivity index (χ1v) is 8.41. The number of ether oxygens (including phenoxy) is 1. The fourth-order valence-corrected chi connectivity index (χ4v) is 2.92. The molecule has 0 fully saturated rings. The van der Waals surface area contributed by atoms with E-state index in [1.54, 1.807) is 19.1 Å². The van der Waals surface area contributed by atoms with Crippen LogP contribution >= 0.6 is 15.9 Å². The Labute approximate surface area is 155 Å². The maximum absolute atomic E-state index is 14.0. The lowest BCUT2D eigenvalue weighted by Crippen LogP contribution is -2.23. The molecule has 0 radical (unpaired) electrons. The van der Waals surface area contributed by atoms with E-state index in [0.29, 0.717) is 5.69 Å². The standard InChI is InChI=1S/C19H13BrF3NO2/c1-11-8-17(26-10-12-6-7-13(21)9-15(12)23)18(20)19(25)24(11)16-5-3-2-4-14(16)22/h2-9H,10H2,1H3. The summed E-state index contributed by atoms with van der Waals surface area (Å²) in [6.07, 6.45) is 0. The van der Waals surface area contributed by atoms with Crippen LogP contribution < -0.4 is 10.3 Å². The van der Waals surface area contributed by atoms with Crippen LogP contribution in [-0.2, 0) is 6.61 Å². The molecule has 3 nitrogen and oxygen atoms in total. The Kier molecular flexibility index (Phi) is 5.18. The van der Waals surface area contributed by atoms with E-state index in [1.165, 1.54) is 28.8 Å². The van der Waals surface area contributed by atoms with E-state index in [-0.39, 0.29) is 28.1 Å². The van der Waals surface area contributed by atoms with Gasteiger partial charge in [-0.1, -0.05) is 12.1 Å². The van der Waals surface area contributed by atoms with E-state index in [0.717, 1.165) is 12.1 Å². The van der Waals surface area contributed by atoms with E-state index in [2.05, 4.69) is 15.9 Å². The largest absolute Gasteiger partial charge is 0.487 e. The molecule has 0 aliphatic rings. The number of pyridine rings is 1.